The Hall–Kier alpha value is -1.64. The normalized spacial score (nSPS) is 9.50. The van der Waals surface area contributed by atoms with E-state index in [0.29, 0.717) is 18.6 Å². The van der Waals surface area contributed by atoms with Gasteiger partial charge < -0.3 is 4.74 Å². The van der Waals surface area contributed by atoms with E-state index in [9.17, 15) is 9.59 Å². The van der Waals surface area contributed by atoms with Crippen molar-refractivity contribution in [2.45, 2.75) is 13.3 Å². The predicted molar refractivity (Wildman–Crippen MR) is 52.2 cm³/mol. The molecule has 0 N–H and O–H groups in total. The van der Waals surface area contributed by atoms with Gasteiger partial charge in [-0.05, 0) is 5.56 Å². The number of carbonyl (C=O) groups is 2. The van der Waals surface area contributed by atoms with E-state index >= 15 is 0 Å². The molecule has 1 rings (SSSR count). The van der Waals surface area contributed by atoms with Crippen LogP contribution in [0.1, 0.15) is 22.8 Å². The van der Waals surface area contributed by atoms with Crippen molar-refractivity contribution in [1.82, 2.24) is 0 Å². The molecule has 0 atom stereocenters. The molecule has 0 fully saturated rings. The van der Waals surface area contributed by atoms with Crippen molar-refractivity contribution >= 4 is 12.3 Å². The highest BCUT2D eigenvalue weighted by molar-refractivity contribution is 5.74. The van der Waals surface area contributed by atoms with E-state index in [0.717, 1.165) is 11.8 Å². The van der Waals surface area contributed by atoms with E-state index in [2.05, 4.69) is 0 Å². The Balaban J connectivity index is 2.43. The molecule has 3 heteroatoms. The number of ether oxygens (including phenoxy) is 1. The lowest BCUT2D eigenvalue weighted by Crippen LogP contribution is -2.03. The average molecular weight is 192 g/mol. The van der Waals surface area contributed by atoms with Gasteiger partial charge in [0.1, 0.15) is 6.29 Å². The molecular weight excluding hydrogens is 180 g/mol. The van der Waals surface area contributed by atoms with Crippen LogP contribution in [-0.2, 0) is 16.0 Å². The summed E-state index contributed by atoms with van der Waals surface area (Å²) in [4.78, 5) is 20.8. The van der Waals surface area contributed by atoms with Crippen LogP contribution in [0.5, 0.6) is 0 Å². The minimum absolute atomic E-state index is 0.269. The van der Waals surface area contributed by atoms with Crippen LogP contribution in [0.4, 0.5) is 0 Å². The first-order chi connectivity index (χ1) is 6.72. The molecule has 0 spiro atoms. The lowest BCUT2D eigenvalue weighted by atomic mass is 10.1. The molecule has 0 radical (unpaired) electrons. The molecular formula is C11H12O3. The number of hydrogen-bond donors (Lipinski definition) is 0. The summed E-state index contributed by atoms with van der Waals surface area (Å²) in [6.07, 6.45) is 1.48. The Morgan fingerprint density at radius 2 is 2.00 bits per heavy atom. The molecule has 1 aromatic carbocycles. The van der Waals surface area contributed by atoms with E-state index < -0.39 is 0 Å². The van der Waals surface area contributed by atoms with Gasteiger partial charge in [-0.2, -0.15) is 0 Å². The monoisotopic (exact) mass is 192 g/mol. The molecule has 3 nitrogen and oxygen atoms in total. The van der Waals surface area contributed by atoms with Crippen molar-refractivity contribution in [3.63, 3.8) is 0 Å². The maximum atomic E-state index is 10.5. The van der Waals surface area contributed by atoms with Gasteiger partial charge in [0.25, 0.3) is 0 Å². The molecule has 0 heterocycles. The lowest BCUT2D eigenvalue weighted by molar-refractivity contribution is -0.140. The van der Waals surface area contributed by atoms with E-state index in [4.69, 9.17) is 4.74 Å². The van der Waals surface area contributed by atoms with Gasteiger partial charge in [-0.15, -0.1) is 0 Å². The molecule has 74 valence electrons. The molecule has 0 saturated carbocycles. The number of esters is 1. The maximum absolute atomic E-state index is 10.5. The minimum Gasteiger partial charge on any atom is -0.466 e. The van der Waals surface area contributed by atoms with Crippen molar-refractivity contribution in [2.75, 3.05) is 6.61 Å². The van der Waals surface area contributed by atoms with Gasteiger partial charge in [-0.1, -0.05) is 24.3 Å². The van der Waals surface area contributed by atoms with Crippen molar-refractivity contribution in [3.8, 4) is 0 Å². The van der Waals surface area contributed by atoms with E-state index in [-0.39, 0.29) is 5.97 Å². The fourth-order valence-corrected chi connectivity index (χ4v) is 1.08. The van der Waals surface area contributed by atoms with Gasteiger partial charge in [0, 0.05) is 18.9 Å². The molecule has 0 unspecified atom stereocenters. The Morgan fingerprint density at radius 3 is 2.50 bits per heavy atom. The fourth-order valence-electron chi connectivity index (χ4n) is 1.08. The third kappa shape index (κ3) is 3.39. The van der Waals surface area contributed by atoms with Crippen LogP contribution < -0.4 is 0 Å². The molecule has 14 heavy (non-hydrogen) atoms. The van der Waals surface area contributed by atoms with Gasteiger partial charge in [-0.25, -0.2) is 0 Å². The van der Waals surface area contributed by atoms with Crippen molar-refractivity contribution in [2.24, 2.45) is 0 Å². The summed E-state index contributed by atoms with van der Waals surface area (Å²) in [5, 5.41) is 0. The predicted octanol–water partition coefficient (Wildman–Crippen LogP) is 1.60. The molecule has 0 aliphatic carbocycles. The first kappa shape index (κ1) is 10.4. The van der Waals surface area contributed by atoms with Crippen molar-refractivity contribution < 1.29 is 14.3 Å². The summed E-state index contributed by atoms with van der Waals surface area (Å²) < 4.78 is 4.79. The summed E-state index contributed by atoms with van der Waals surface area (Å²) in [6, 6.07) is 7.20. The van der Waals surface area contributed by atoms with Crippen LogP contribution in [0, 0.1) is 0 Å². The Labute approximate surface area is 82.7 Å². The molecule has 0 bridgehead atoms. The number of aldehydes is 1. The molecule has 0 aliphatic heterocycles. The van der Waals surface area contributed by atoms with Gasteiger partial charge in [0.2, 0.25) is 0 Å². The molecule has 1 aromatic rings. The van der Waals surface area contributed by atoms with Crippen molar-refractivity contribution in [1.29, 1.82) is 0 Å². The number of carbonyl (C=O) groups excluding carboxylic acids is 2. The fraction of sp³-hybridized carbons (Fsp3) is 0.273. The van der Waals surface area contributed by atoms with Crippen LogP contribution in [-0.4, -0.2) is 18.9 Å². The molecule has 0 aliphatic rings. The lowest BCUT2D eigenvalue weighted by Gasteiger charge is -2.01. The van der Waals surface area contributed by atoms with Crippen LogP contribution in [0.25, 0.3) is 0 Å². The van der Waals surface area contributed by atoms with Gasteiger partial charge in [0.15, 0.2) is 0 Å². The van der Waals surface area contributed by atoms with Crippen molar-refractivity contribution in [3.05, 3.63) is 35.4 Å². The SMILES string of the molecule is CC(=O)OCCc1ccc(C=O)cc1. The smallest absolute Gasteiger partial charge is 0.302 e. The highest BCUT2D eigenvalue weighted by atomic mass is 16.5. The molecule has 0 amide bonds. The Morgan fingerprint density at radius 1 is 1.36 bits per heavy atom. The minimum atomic E-state index is -0.269. The van der Waals surface area contributed by atoms with E-state index in [1.54, 1.807) is 12.1 Å². The molecule has 0 saturated heterocycles. The highest BCUT2D eigenvalue weighted by Gasteiger charge is 1.96. The van der Waals surface area contributed by atoms with Gasteiger partial charge in [-0.3, -0.25) is 9.59 Å². The first-order valence-corrected chi connectivity index (χ1v) is 4.40. The summed E-state index contributed by atoms with van der Waals surface area (Å²) in [7, 11) is 0. The zero-order chi connectivity index (χ0) is 10.4. The van der Waals surface area contributed by atoms with Gasteiger partial charge in [0.05, 0.1) is 6.61 Å². The zero-order valence-corrected chi connectivity index (χ0v) is 8.03. The maximum Gasteiger partial charge on any atom is 0.302 e. The van der Waals surface area contributed by atoms with Crippen LogP contribution in [0.2, 0.25) is 0 Å². The second kappa shape index (κ2) is 5.17. The summed E-state index contributed by atoms with van der Waals surface area (Å²) in [5.41, 5.74) is 1.71. The van der Waals surface area contributed by atoms with E-state index in [1.807, 2.05) is 12.1 Å². The number of benzene rings is 1. The summed E-state index contributed by atoms with van der Waals surface area (Å²) in [6.45, 7) is 1.77. The van der Waals surface area contributed by atoms with Crippen LogP contribution in [0.3, 0.4) is 0 Å². The standard InChI is InChI=1S/C11H12O3/c1-9(13)14-7-6-10-2-4-11(8-12)5-3-10/h2-5,8H,6-7H2,1H3. The topological polar surface area (TPSA) is 43.4 Å². The average Bonchev–Trinajstić information content (AvgIpc) is 2.18. The largest absolute Gasteiger partial charge is 0.466 e. The van der Waals surface area contributed by atoms with E-state index in [1.165, 1.54) is 6.92 Å². The third-order valence-corrected chi connectivity index (χ3v) is 1.81. The van der Waals surface area contributed by atoms with Crippen LogP contribution >= 0.6 is 0 Å². The molecule has 0 aromatic heterocycles. The van der Waals surface area contributed by atoms with Crippen LogP contribution in [0.15, 0.2) is 24.3 Å². The third-order valence-electron chi connectivity index (χ3n) is 1.81. The second-order valence-electron chi connectivity index (χ2n) is 2.95. The second-order valence-corrected chi connectivity index (χ2v) is 2.95. The Kier molecular flexibility index (Phi) is 3.85. The highest BCUT2D eigenvalue weighted by Crippen LogP contribution is 2.03. The number of rotatable bonds is 4. The number of hydrogen-bond acceptors (Lipinski definition) is 3. The Bertz CT molecular complexity index is 314. The summed E-state index contributed by atoms with van der Waals surface area (Å²) in [5.74, 6) is -0.269. The zero-order valence-electron chi connectivity index (χ0n) is 8.03. The first-order valence-electron chi connectivity index (χ1n) is 4.40. The summed E-state index contributed by atoms with van der Waals surface area (Å²) >= 11 is 0. The van der Waals surface area contributed by atoms with Gasteiger partial charge >= 0.3 is 5.97 Å². The quantitative estimate of drug-likeness (QED) is 0.537.